The summed E-state index contributed by atoms with van der Waals surface area (Å²) in [5.74, 6) is 6.39. The zero-order valence-corrected chi connectivity index (χ0v) is 9.41. The van der Waals surface area contributed by atoms with Crippen molar-refractivity contribution >= 4 is 0 Å². The van der Waals surface area contributed by atoms with Gasteiger partial charge in [-0.1, -0.05) is 25.8 Å². The highest BCUT2D eigenvalue weighted by Crippen LogP contribution is 2.48. The van der Waals surface area contributed by atoms with E-state index in [2.05, 4.69) is 31.8 Å². The van der Waals surface area contributed by atoms with E-state index in [4.69, 9.17) is 0 Å². The van der Waals surface area contributed by atoms with Crippen LogP contribution in [0.2, 0.25) is 0 Å². The molecule has 0 aliphatic heterocycles. The molecule has 0 heteroatoms. The molecule has 2 aliphatic carbocycles. The maximum atomic E-state index is 3.32. The van der Waals surface area contributed by atoms with Gasteiger partial charge in [0.05, 0.1) is 0 Å². The minimum Gasteiger partial charge on any atom is -0.102 e. The third kappa shape index (κ3) is 1.42. The quantitative estimate of drug-likeness (QED) is 0.504. The Labute approximate surface area is 87.1 Å². The zero-order chi connectivity index (χ0) is 10.2. The standard InChI is InChI=1S/C14H18/c1-4-7-13-12-9-6-5-8-11(12)10-14(13,2)3/h8H,5-6,9-10H2,1-3H3. The highest BCUT2D eigenvalue weighted by Gasteiger charge is 2.35. The molecule has 0 aromatic heterocycles. The summed E-state index contributed by atoms with van der Waals surface area (Å²) < 4.78 is 0. The zero-order valence-electron chi connectivity index (χ0n) is 9.41. The Morgan fingerprint density at radius 2 is 2.14 bits per heavy atom. The highest BCUT2D eigenvalue weighted by molar-refractivity contribution is 5.54. The molecule has 0 amide bonds. The Kier molecular flexibility index (Phi) is 2.27. The molecule has 0 nitrogen and oxygen atoms in total. The summed E-state index contributed by atoms with van der Waals surface area (Å²) in [4.78, 5) is 0. The smallest absolute Gasteiger partial charge is 0.0114 e. The lowest BCUT2D eigenvalue weighted by Gasteiger charge is -2.17. The first kappa shape index (κ1) is 9.59. The van der Waals surface area contributed by atoms with Crippen molar-refractivity contribution in [2.75, 3.05) is 0 Å². The highest BCUT2D eigenvalue weighted by atomic mass is 14.4. The molecular formula is C14H18. The molecule has 0 fully saturated rings. The molecule has 0 aromatic carbocycles. The summed E-state index contributed by atoms with van der Waals surface area (Å²) in [6.07, 6.45) is 7.45. The Morgan fingerprint density at radius 1 is 1.36 bits per heavy atom. The Balaban J connectivity index is 2.51. The topological polar surface area (TPSA) is 0 Å². The van der Waals surface area contributed by atoms with E-state index in [1.807, 2.05) is 6.92 Å². The maximum Gasteiger partial charge on any atom is 0.0114 e. The van der Waals surface area contributed by atoms with Crippen LogP contribution >= 0.6 is 0 Å². The lowest BCUT2D eigenvalue weighted by Crippen LogP contribution is -2.08. The summed E-state index contributed by atoms with van der Waals surface area (Å²) in [5, 5.41) is 0. The van der Waals surface area contributed by atoms with Crippen molar-refractivity contribution in [2.45, 2.75) is 46.5 Å². The SMILES string of the molecule is CC#CC1=C2CCCC=C2CC1(C)C. The van der Waals surface area contributed by atoms with Crippen LogP contribution in [0, 0.1) is 17.3 Å². The van der Waals surface area contributed by atoms with Crippen molar-refractivity contribution in [3.8, 4) is 11.8 Å². The van der Waals surface area contributed by atoms with Gasteiger partial charge in [-0.3, -0.25) is 0 Å². The van der Waals surface area contributed by atoms with Crippen LogP contribution < -0.4 is 0 Å². The average molecular weight is 186 g/mol. The summed E-state index contributed by atoms with van der Waals surface area (Å²) in [5.41, 5.74) is 4.84. The molecule has 0 spiro atoms. The summed E-state index contributed by atoms with van der Waals surface area (Å²) in [6, 6.07) is 0. The van der Waals surface area contributed by atoms with Crippen LogP contribution in [0.25, 0.3) is 0 Å². The van der Waals surface area contributed by atoms with Crippen LogP contribution in [-0.2, 0) is 0 Å². The van der Waals surface area contributed by atoms with E-state index in [9.17, 15) is 0 Å². The van der Waals surface area contributed by atoms with Crippen molar-refractivity contribution in [1.29, 1.82) is 0 Å². The van der Waals surface area contributed by atoms with Gasteiger partial charge in [-0.15, -0.1) is 5.92 Å². The molecular weight excluding hydrogens is 168 g/mol. The van der Waals surface area contributed by atoms with Gasteiger partial charge in [0.25, 0.3) is 0 Å². The van der Waals surface area contributed by atoms with Crippen molar-refractivity contribution in [2.24, 2.45) is 5.41 Å². The van der Waals surface area contributed by atoms with Crippen LogP contribution in [0.4, 0.5) is 0 Å². The lowest BCUT2D eigenvalue weighted by atomic mass is 9.85. The Morgan fingerprint density at radius 3 is 2.86 bits per heavy atom. The molecule has 0 saturated carbocycles. The van der Waals surface area contributed by atoms with Crippen molar-refractivity contribution in [3.05, 3.63) is 22.8 Å². The second-order valence-electron chi connectivity index (χ2n) is 4.91. The number of hydrogen-bond donors (Lipinski definition) is 0. The van der Waals surface area contributed by atoms with Crippen molar-refractivity contribution in [1.82, 2.24) is 0 Å². The first-order valence-corrected chi connectivity index (χ1v) is 5.51. The van der Waals surface area contributed by atoms with Crippen molar-refractivity contribution in [3.63, 3.8) is 0 Å². The second-order valence-corrected chi connectivity index (χ2v) is 4.91. The average Bonchev–Trinajstić information content (AvgIpc) is 2.39. The first-order chi connectivity index (χ1) is 6.65. The number of rotatable bonds is 0. The molecule has 0 aromatic rings. The molecule has 0 saturated heterocycles. The maximum absolute atomic E-state index is 3.32. The van der Waals surface area contributed by atoms with E-state index in [0.29, 0.717) is 0 Å². The molecule has 74 valence electrons. The summed E-state index contributed by atoms with van der Waals surface area (Å²) in [6.45, 7) is 6.58. The molecule has 14 heavy (non-hydrogen) atoms. The van der Waals surface area contributed by atoms with Gasteiger partial charge in [-0.2, -0.15) is 0 Å². The Hall–Kier alpha value is -0.960. The van der Waals surface area contributed by atoms with Crippen LogP contribution in [0.3, 0.4) is 0 Å². The van der Waals surface area contributed by atoms with E-state index in [1.165, 1.54) is 31.3 Å². The van der Waals surface area contributed by atoms with Gasteiger partial charge < -0.3 is 0 Å². The van der Waals surface area contributed by atoms with E-state index >= 15 is 0 Å². The molecule has 0 N–H and O–H groups in total. The van der Waals surface area contributed by atoms with Gasteiger partial charge in [-0.25, -0.2) is 0 Å². The third-order valence-electron chi connectivity index (χ3n) is 3.27. The molecule has 0 bridgehead atoms. The molecule has 2 aliphatic rings. The fraction of sp³-hybridized carbons (Fsp3) is 0.571. The van der Waals surface area contributed by atoms with Crippen LogP contribution in [-0.4, -0.2) is 0 Å². The van der Waals surface area contributed by atoms with E-state index in [1.54, 1.807) is 11.1 Å². The minimum absolute atomic E-state index is 0.286. The van der Waals surface area contributed by atoms with E-state index in [0.717, 1.165) is 0 Å². The second kappa shape index (κ2) is 3.31. The van der Waals surface area contributed by atoms with Gasteiger partial charge in [0.2, 0.25) is 0 Å². The van der Waals surface area contributed by atoms with Gasteiger partial charge >= 0.3 is 0 Å². The fourth-order valence-electron chi connectivity index (χ4n) is 2.65. The summed E-state index contributed by atoms with van der Waals surface area (Å²) >= 11 is 0. The molecule has 0 radical (unpaired) electrons. The summed E-state index contributed by atoms with van der Waals surface area (Å²) in [7, 11) is 0. The number of allylic oxidation sites excluding steroid dienone is 4. The first-order valence-electron chi connectivity index (χ1n) is 5.51. The van der Waals surface area contributed by atoms with E-state index in [-0.39, 0.29) is 5.41 Å². The van der Waals surface area contributed by atoms with E-state index < -0.39 is 0 Å². The van der Waals surface area contributed by atoms with Gasteiger partial charge in [0, 0.05) is 11.0 Å². The predicted octanol–water partition coefficient (Wildman–Crippen LogP) is 3.85. The minimum atomic E-state index is 0.286. The third-order valence-corrected chi connectivity index (χ3v) is 3.27. The van der Waals surface area contributed by atoms with Crippen LogP contribution in [0.15, 0.2) is 22.8 Å². The monoisotopic (exact) mass is 186 g/mol. The van der Waals surface area contributed by atoms with Gasteiger partial charge in [0.15, 0.2) is 0 Å². The number of hydrogen-bond acceptors (Lipinski definition) is 0. The normalized spacial score (nSPS) is 23.8. The fourth-order valence-corrected chi connectivity index (χ4v) is 2.65. The van der Waals surface area contributed by atoms with Gasteiger partial charge in [-0.05, 0) is 43.8 Å². The van der Waals surface area contributed by atoms with Crippen LogP contribution in [0.1, 0.15) is 46.5 Å². The van der Waals surface area contributed by atoms with Crippen LogP contribution in [0.5, 0.6) is 0 Å². The number of fused-ring (bicyclic) bond motifs is 1. The lowest BCUT2D eigenvalue weighted by molar-refractivity contribution is 0.480. The predicted molar refractivity (Wildman–Crippen MR) is 60.8 cm³/mol. The largest absolute Gasteiger partial charge is 0.102 e. The Bertz CT molecular complexity index is 367. The molecule has 0 heterocycles. The van der Waals surface area contributed by atoms with Gasteiger partial charge in [0.1, 0.15) is 0 Å². The molecule has 2 rings (SSSR count). The molecule has 0 atom stereocenters. The van der Waals surface area contributed by atoms with Crippen molar-refractivity contribution < 1.29 is 0 Å². The molecule has 0 unspecified atom stereocenters.